The Morgan fingerprint density at radius 1 is 1.02 bits per heavy atom. The van der Waals surface area contributed by atoms with Crippen LogP contribution >= 0.6 is 7.60 Å². The van der Waals surface area contributed by atoms with Crippen molar-refractivity contribution in [2.45, 2.75) is 65.6 Å². The molecule has 3 rings (SSSR count). The van der Waals surface area contributed by atoms with E-state index in [0.29, 0.717) is 48.5 Å². The van der Waals surface area contributed by atoms with Gasteiger partial charge in [0.15, 0.2) is 5.76 Å². The Morgan fingerprint density at radius 3 is 2.45 bits per heavy atom. The minimum atomic E-state index is -4.21. The number of carbonyl (C=O) groups excluding carboxylic acids is 3. The van der Waals surface area contributed by atoms with Crippen LogP contribution in [-0.4, -0.2) is 58.7 Å². The maximum Gasteiger partial charge on any atom is 0.339 e. The Balaban J connectivity index is 1.63. The third-order valence-corrected chi connectivity index (χ3v) is 7.93. The van der Waals surface area contributed by atoms with Gasteiger partial charge in [-0.3, -0.25) is 23.8 Å². The van der Waals surface area contributed by atoms with Crippen LogP contribution in [0.3, 0.4) is 0 Å². The normalized spacial score (nSPS) is 12.6. The first-order valence-corrected chi connectivity index (χ1v) is 17.5. The monoisotopic (exact) mass is 672 g/mol. The van der Waals surface area contributed by atoms with E-state index in [1.54, 1.807) is 24.3 Å². The zero-order valence-electron chi connectivity index (χ0n) is 27.0. The number of rotatable bonds is 21. The summed E-state index contributed by atoms with van der Waals surface area (Å²) in [6.45, 7) is 6.35. The zero-order chi connectivity index (χ0) is 34.2. The molecule has 0 aliphatic rings. The summed E-state index contributed by atoms with van der Waals surface area (Å²) in [7, 11) is -4.21. The van der Waals surface area contributed by atoms with Gasteiger partial charge in [-0.05, 0) is 61.2 Å². The fourth-order valence-electron chi connectivity index (χ4n) is 5.04. The molecule has 2 atom stereocenters. The lowest BCUT2D eigenvalue weighted by Gasteiger charge is -2.32. The fourth-order valence-corrected chi connectivity index (χ4v) is 5.44. The van der Waals surface area contributed by atoms with Crippen molar-refractivity contribution in [3.63, 3.8) is 0 Å². The lowest BCUT2D eigenvalue weighted by atomic mass is 9.91. The number of hydroxylamine groups is 2. The van der Waals surface area contributed by atoms with Gasteiger partial charge in [-0.15, -0.1) is 0 Å². The second-order valence-electron chi connectivity index (χ2n) is 10.9. The average molecular weight is 673 g/mol. The number of ether oxygens (including phenoxy) is 1. The molecule has 3 amide bonds. The van der Waals surface area contributed by atoms with Crippen LogP contribution in [0.1, 0.15) is 68.1 Å². The number of benzene rings is 2. The van der Waals surface area contributed by atoms with E-state index >= 15 is 0 Å². The number of amides is 3. The molecular formula is C33H45N4O9P. The molecule has 0 unspecified atom stereocenters. The Bertz CT molecular complexity index is 1480. The van der Waals surface area contributed by atoms with Crippen LogP contribution < -0.4 is 20.7 Å². The molecule has 0 saturated carbocycles. The highest BCUT2D eigenvalue weighted by Crippen LogP contribution is 2.33. The van der Waals surface area contributed by atoms with Gasteiger partial charge in [0, 0.05) is 12.1 Å². The maximum absolute atomic E-state index is 13.4. The van der Waals surface area contributed by atoms with Crippen LogP contribution in [0.25, 0.3) is 11.3 Å². The van der Waals surface area contributed by atoms with Crippen molar-refractivity contribution in [1.82, 2.24) is 21.0 Å². The third-order valence-electron chi connectivity index (χ3n) is 7.29. The van der Waals surface area contributed by atoms with Gasteiger partial charge >= 0.3 is 7.60 Å². The van der Waals surface area contributed by atoms with Gasteiger partial charge in [0.25, 0.3) is 5.91 Å². The third kappa shape index (κ3) is 12.3. The van der Waals surface area contributed by atoms with Gasteiger partial charge in [-0.1, -0.05) is 57.0 Å². The predicted molar refractivity (Wildman–Crippen MR) is 176 cm³/mol. The second-order valence-corrected chi connectivity index (χ2v) is 12.5. The molecule has 0 radical (unpaired) electrons. The Hall–Kier alpha value is -4.00. The summed E-state index contributed by atoms with van der Waals surface area (Å²) >= 11 is 0. The Labute approximate surface area is 275 Å². The summed E-state index contributed by atoms with van der Waals surface area (Å²) in [5.41, 5.74) is 2.20. The van der Waals surface area contributed by atoms with E-state index in [1.807, 2.05) is 51.1 Å². The van der Waals surface area contributed by atoms with Crippen LogP contribution in [0, 0.1) is 5.92 Å². The van der Waals surface area contributed by atoms with Gasteiger partial charge in [0.05, 0.1) is 31.5 Å². The molecule has 256 valence electrons. The molecule has 0 spiro atoms. The molecule has 5 N–H and O–H groups in total. The highest BCUT2D eigenvalue weighted by Gasteiger charge is 2.32. The summed E-state index contributed by atoms with van der Waals surface area (Å²) < 4.78 is 22.6. The molecular weight excluding hydrogens is 627 g/mol. The number of hydrogen-bond donors (Lipinski definition) is 5. The molecule has 0 fully saturated rings. The van der Waals surface area contributed by atoms with Crippen LogP contribution in [0.2, 0.25) is 0 Å². The van der Waals surface area contributed by atoms with Gasteiger partial charge in [0.2, 0.25) is 12.3 Å². The number of nitrogens with one attached hydrogen (secondary N) is 3. The van der Waals surface area contributed by atoms with Gasteiger partial charge < -0.3 is 34.9 Å². The minimum absolute atomic E-state index is 0.0210. The predicted octanol–water partition coefficient (Wildman–Crippen LogP) is 4.55. The number of furan rings is 1. The van der Waals surface area contributed by atoms with Gasteiger partial charge in [0.1, 0.15) is 18.1 Å². The van der Waals surface area contributed by atoms with Gasteiger partial charge in [-0.2, -0.15) is 0 Å². The Morgan fingerprint density at radius 2 is 1.79 bits per heavy atom. The number of unbranched alkanes of at least 4 members (excludes halogenated alkanes) is 1. The summed E-state index contributed by atoms with van der Waals surface area (Å²) in [5.74, 6) is -0.479. The van der Waals surface area contributed by atoms with Crippen LogP contribution in [0.15, 0.2) is 65.1 Å². The SMILES string of the molecule is CCCC[C@@H](C(=O)NCNC(=O)c1ccc(-c2cc(CNCP(=O)(O)O)cc(OCC)c2)o1)[C@@H](CC)N(C=O)OCc1ccccc1. The summed E-state index contributed by atoms with van der Waals surface area (Å²) in [4.78, 5) is 62.3. The lowest BCUT2D eigenvalue weighted by Crippen LogP contribution is -2.48. The number of hydrogen-bond acceptors (Lipinski definition) is 8. The fraction of sp³-hybridized carbons (Fsp3) is 0.424. The molecule has 0 aliphatic heterocycles. The van der Waals surface area contributed by atoms with Gasteiger partial charge in [-0.25, -0.2) is 5.06 Å². The molecule has 1 aromatic heterocycles. The second kappa shape index (κ2) is 19.0. The largest absolute Gasteiger partial charge is 0.494 e. The molecule has 3 aromatic rings. The van der Waals surface area contributed by atoms with E-state index in [9.17, 15) is 18.9 Å². The first-order chi connectivity index (χ1) is 22.6. The van der Waals surface area contributed by atoms with E-state index in [0.717, 1.165) is 18.4 Å². The van der Waals surface area contributed by atoms with Crippen LogP contribution in [0.5, 0.6) is 5.75 Å². The summed E-state index contributed by atoms with van der Waals surface area (Å²) in [6.07, 6.45) is 2.79. The highest BCUT2D eigenvalue weighted by atomic mass is 31.2. The van der Waals surface area contributed by atoms with Crippen molar-refractivity contribution < 1.29 is 42.7 Å². The van der Waals surface area contributed by atoms with Crippen molar-refractivity contribution in [3.05, 3.63) is 77.6 Å². The summed E-state index contributed by atoms with van der Waals surface area (Å²) in [6, 6.07) is 17.3. The van der Waals surface area contributed by atoms with Crippen LogP contribution in [0.4, 0.5) is 0 Å². The number of carbonyl (C=O) groups is 3. The van der Waals surface area contributed by atoms with Crippen LogP contribution in [-0.2, 0) is 32.1 Å². The van der Waals surface area contributed by atoms with E-state index in [1.165, 1.54) is 11.1 Å². The van der Waals surface area contributed by atoms with E-state index in [4.69, 9.17) is 23.8 Å². The first-order valence-electron chi connectivity index (χ1n) is 15.7. The molecule has 14 heteroatoms. The lowest BCUT2D eigenvalue weighted by molar-refractivity contribution is -0.200. The smallest absolute Gasteiger partial charge is 0.339 e. The Kier molecular flexibility index (Phi) is 15.1. The summed E-state index contributed by atoms with van der Waals surface area (Å²) in [5, 5.41) is 9.36. The van der Waals surface area contributed by atoms with Crippen molar-refractivity contribution in [2.24, 2.45) is 5.92 Å². The van der Waals surface area contributed by atoms with E-state index in [2.05, 4.69) is 16.0 Å². The molecule has 0 saturated heterocycles. The zero-order valence-corrected chi connectivity index (χ0v) is 27.9. The molecule has 1 heterocycles. The molecule has 2 aromatic carbocycles. The maximum atomic E-state index is 13.4. The molecule has 13 nitrogen and oxygen atoms in total. The topological polar surface area (TPSA) is 180 Å². The minimum Gasteiger partial charge on any atom is -0.494 e. The highest BCUT2D eigenvalue weighted by molar-refractivity contribution is 7.51. The molecule has 0 bridgehead atoms. The standard InChI is InChI=1S/C33H45N4O9P/c1-4-7-13-28(29(5-2)37(23-38)45-20-24-11-9-8-10-12-24)32(39)35-21-36-33(40)31-15-14-30(46-31)26-16-25(17-27(18-26)44-6-3)19-34-22-47(41,42)43/h8-12,14-18,23,28-29,34H,4-7,13,19-22H2,1-3H3,(H,35,39)(H,36,40)(H2,41,42,43)/t28-,29-/m1/s1. The first kappa shape index (κ1) is 37.5. The van der Waals surface area contributed by atoms with Crippen molar-refractivity contribution in [3.8, 4) is 17.1 Å². The van der Waals surface area contributed by atoms with E-state index < -0.39 is 31.7 Å². The quantitative estimate of drug-likeness (QED) is 0.0467. The molecule has 0 aliphatic carbocycles. The molecule has 47 heavy (non-hydrogen) atoms. The van der Waals surface area contributed by atoms with Crippen molar-refractivity contribution in [1.29, 1.82) is 0 Å². The average Bonchev–Trinajstić information content (AvgIpc) is 3.55. The van der Waals surface area contributed by atoms with Crippen molar-refractivity contribution in [2.75, 3.05) is 19.6 Å². The number of nitrogens with zero attached hydrogens (tertiary/aromatic N) is 1. The van der Waals surface area contributed by atoms with Crippen molar-refractivity contribution >= 4 is 25.8 Å². The van der Waals surface area contributed by atoms with E-state index in [-0.39, 0.29) is 31.5 Å².